The molecule has 4 aliphatic carbocycles. The molecule has 2 aromatic rings. The van der Waals surface area contributed by atoms with Crippen molar-refractivity contribution in [2.75, 3.05) is 5.43 Å². The van der Waals surface area contributed by atoms with Gasteiger partial charge in [0, 0.05) is 17.4 Å². The smallest absolute Gasteiger partial charge is 0.245 e. The summed E-state index contributed by atoms with van der Waals surface area (Å²) in [5, 5.41) is 11.0. The van der Waals surface area contributed by atoms with Crippen LogP contribution in [0, 0.1) is 27.1 Å². The third-order valence-electron chi connectivity index (χ3n) is 7.98. The zero-order chi connectivity index (χ0) is 22.0. The van der Waals surface area contributed by atoms with E-state index in [-0.39, 0.29) is 17.2 Å². The molecule has 1 aliphatic heterocycles. The first-order valence-electron chi connectivity index (χ1n) is 11.6. The molecular weight excluding hydrogens is 438 g/mol. The van der Waals surface area contributed by atoms with Gasteiger partial charge in [0.05, 0.1) is 16.0 Å². The number of carbonyl (C=O) groups is 1. The van der Waals surface area contributed by atoms with Gasteiger partial charge >= 0.3 is 0 Å². The van der Waals surface area contributed by atoms with Crippen LogP contribution in [0.1, 0.15) is 61.5 Å². The van der Waals surface area contributed by atoms with Gasteiger partial charge in [-0.3, -0.25) is 15.2 Å². The molecule has 166 valence electrons. The normalized spacial score (nSPS) is 30.8. The molecule has 5 aliphatic rings. The molecule has 1 aromatic heterocycles. The summed E-state index contributed by atoms with van der Waals surface area (Å²) in [7, 11) is 0. The molecule has 4 bridgehead atoms. The molecule has 1 amide bonds. The number of fused-ring (bicyclic) bond motifs is 1. The maximum Gasteiger partial charge on any atom is 0.245 e. The van der Waals surface area contributed by atoms with Gasteiger partial charge in [0.2, 0.25) is 11.8 Å². The molecule has 1 aromatic carbocycles. The Hall–Kier alpha value is -2.25. The van der Waals surface area contributed by atoms with Crippen LogP contribution < -0.4 is 5.43 Å². The fourth-order valence-corrected chi connectivity index (χ4v) is 8.09. The number of amides is 1. The first kappa shape index (κ1) is 20.4. The molecule has 4 fully saturated rings. The minimum Gasteiger partial charge on any atom is -0.492 e. The number of aliphatic imine (C=N–C) groups is 1. The van der Waals surface area contributed by atoms with Crippen LogP contribution in [0.4, 0.5) is 5.69 Å². The van der Waals surface area contributed by atoms with Gasteiger partial charge in [-0.25, -0.2) is 0 Å². The average Bonchev–Trinajstić information content (AvgIpc) is 3.29. The molecule has 2 N–H and O–H groups in total. The van der Waals surface area contributed by atoms with E-state index in [9.17, 15) is 9.90 Å². The lowest BCUT2D eigenvalue weighted by molar-refractivity contribution is -0.141. The highest BCUT2D eigenvalue weighted by Crippen LogP contribution is 2.60. The summed E-state index contributed by atoms with van der Waals surface area (Å²) >= 11 is 6.83. The van der Waals surface area contributed by atoms with Crippen molar-refractivity contribution in [1.29, 1.82) is 0 Å². The first-order chi connectivity index (χ1) is 15.5. The molecule has 0 spiro atoms. The maximum atomic E-state index is 13.4. The van der Waals surface area contributed by atoms with Crippen LogP contribution in [-0.2, 0) is 11.2 Å². The summed E-state index contributed by atoms with van der Waals surface area (Å²) in [5.74, 6) is 2.09. The second-order valence-corrected chi connectivity index (χ2v) is 11.7. The van der Waals surface area contributed by atoms with Crippen LogP contribution in [-0.4, -0.2) is 21.9 Å². The van der Waals surface area contributed by atoms with E-state index >= 15 is 0 Å². The Labute approximate surface area is 196 Å². The molecule has 5 nitrogen and oxygen atoms in total. The molecule has 32 heavy (non-hydrogen) atoms. The van der Waals surface area contributed by atoms with E-state index in [1.54, 1.807) is 0 Å². The van der Waals surface area contributed by atoms with Crippen LogP contribution in [0.15, 0.2) is 23.2 Å². The molecular formula is C25H27N3O2S2. The molecule has 7 heteroatoms. The van der Waals surface area contributed by atoms with Crippen molar-refractivity contribution in [2.45, 2.75) is 51.9 Å². The Morgan fingerprint density at radius 3 is 2.62 bits per heavy atom. The molecule has 0 saturated heterocycles. The van der Waals surface area contributed by atoms with Gasteiger partial charge in [-0.2, -0.15) is 4.68 Å². The highest BCUT2D eigenvalue weighted by atomic mass is 32.1. The summed E-state index contributed by atoms with van der Waals surface area (Å²) < 4.78 is 1.85. The Kier molecular flexibility index (Phi) is 4.70. The molecule has 2 heterocycles. The van der Waals surface area contributed by atoms with Gasteiger partial charge in [0.15, 0.2) is 3.95 Å². The Morgan fingerprint density at radius 1 is 1.28 bits per heavy atom. The van der Waals surface area contributed by atoms with Crippen molar-refractivity contribution < 1.29 is 9.90 Å². The number of allylic oxidation sites excluding steroid dienone is 1. The monoisotopic (exact) mass is 465 g/mol. The maximum absolute atomic E-state index is 13.4. The van der Waals surface area contributed by atoms with Gasteiger partial charge < -0.3 is 5.11 Å². The summed E-state index contributed by atoms with van der Waals surface area (Å²) in [4.78, 5) is 18.7. The standard InChI is InChI=1S/C25H27N3O2S2/c1-2-17-4-3-5-19-18(13-26-21(17)19)9-20-22(29)28(24(31)32-20)27-23(30)25-10-14-6-15(11-25)8-16(7-14)12-25/h3-5,9,13-16,29H,2,6-8,10-12H2,1H3,(H,27,30). The van der Waals surface area contributed by atoms with E-state index in [4.69, 9.17) is 12.2 Å². The van der Waals surface area contributed by atoms with E-state index in [1.807, 2.05) is 18.4 Å². The number of hydrogen-bond acceptors (Lipinski definition) is 5. The number of hydrogen-bond donors (Lipinski definition) is 2. The zero-order valence-electron chi connectivity index (χ0n) is 18.1. The second kappa shape index (κ2) is 7.39. The lowest BCUT2D eigenvalue weighted by atomic mass is 9.49. The fourth-order valence-electron chi connectivity index (χ4n) is 6.91. The quantitative estimate of drug-likeness (QED) is 0.537. The number of thiazole rings is 1. The zero-order valence-corrected chi connectivity index (χ0v) is 19.8. The number of aryl methyl sites for hydroxylation is 1. The Bertz CT molecular complexity index is 1200. The summed E-state index contributed by atoms with van der Waals surface area (Å²) in [5.41, 5.74) is 6.92. The average molecular weight is 466 g/mol. The predicted octanol–water partition coefficient (Wildman–Crippen LogP) is 6.09. The predicted molar refractivity (Wildman–Crippen MR) is 132 cm³/mol. The molecule has 0 radical (unpaired) electrons. The third kappa shape index (κ3) is 3.12. The van der Waals surface area contributed by atoms with Crippen LogP contribution in [0.5, 0.6) is 5.88 Å². The molecule has 7 rings (SSSR count). The highest BCUT2D eigenvalue weighted by molar-refractivity contribution is 7.73. The summed E-state index contributed by atoms with van der Waals surface area (Å²) in [6.45, 7) is 2.12. The largest absolute Gasteiger partial charge is 0.492 e. The number of aromatic nitrogens is 1. The van der Waals surface area contributed by atoms with Crippen molar-refractivity contribution in [3.8, 4) is 5.88 Å². The topological polar surface area (TPSA) is 66.6 Å². The van der Waals surface area contributed by atoms with E-state index in [0.29, 0.717) is 26.6 Å². The highest BCUT2D eigenvalue weighted by Gasteiger charge is 2.54. The number of rotatable bonds is 4. The summed E-state index contributed by atoms with van der Waals surface area (Å²) in [6.07, 6.45) is 11.5. The van der Waals surface area contributed by atoms with Crippen LogP contribution in [0.3, 0.4) is 0 Å². The summed E-state index contributed by atoms with van der Waals surface area (Å²) in [6, 6.07) is 6.19. The van der Waals surface area contributed by atoms with E-state index in [2.05, 4.69) is 29.5 Å². The minimum absolute atomic E-state index is 0.000857. The fraction of sp³-hybridized carbons (Fsp3) is 0.480. The minimum atomic E-state index is -0.288. The van der Waals surface area contributed by atoms with Crippen molar-refractivity contribution in [2.24, 2.45) is 28.2 Å². The first-order valence-corrected chi connectivity index (χ1v) is 12.8. The number of aromatic hydroxyl groups is 1. The van der Waals surface area contributed by atoms with Crippen LogP contribution in [0.25, 0.3) is 11.6 Å². The van der Waals surface area contributed by atoms with Gasteiger partial charge in [-0.1, -0.05) is 36.5 Å². The third-order valence-corrected chi connectivity index (χ3v) is 9.29. The van der Waals surface area contributed by atoms with Gasteiger partial charge in [0.25, 0.3) is 0 Å². The van der Waals surface area contributed by atoms with E-state index < -0.39 is 0 Å². The van der Waals surface area contributed by atoms with Crippen LogP contribution >= 0.6 is 23.6 Å². The Morgan fingerprint density at radius 2 is 1.97 bits per heavy atom. The van der Waals surface area contributed by atoms with Crippen molar-refractivity contribution in [1.82, 2.24) is 4.68 Å². The lowest BCUT2D eigenvalue weighted by Crippen LogP contribution is -2.52. The second-order valence-electron chi connectivity index (χ2n) is 10.1. The van der Waals surface area contributed by atoms with E-state index in [0.717, 1.165) is 42.5 Å². The molecule has 0 unspecified atom stereocenters. The Balaban J connectivity index is 1.29. The van der Waals surface area contributed by atoms with E-state index in [1.165, 1.54) is 40.8 Å². The lowest BCUT2D eigenvalue weighted by Gasteiger charge is -2.55. The number of nitrogens with zero attached hydrogens (tertiary/aromatic N) is 2. The SMILES string of the molecule is CCc1cccc2c1N=CC2=Cc1sc(=S)n(NC(=O)C23CC4CC(CC(C4)C2)C3)c1O. The van der Waals surface area contributed by atoms with Gasteiger partial charge in [-0.05, 0) is 86.6 Å². The van der Waals surface area contributed by atoms with Gasteiger partial charge in [0.1, 0.15) is 0 Å². The number of benzene rings is 1. The van der Waals surface area contributed by atoms with Crippen molar-refractivity contribution >= 4 is 53.0 Å². The number of para-hydroxylation sites is 1. The number of nitrogens with one attached hydrogen (secondary N) is 1. The van der Waals surface area contributed by atoms with Gasteiger partial charge in [-0.15, -0.1) is 0 Å². The van der Waals surface area contributed by atoms with Crippen molar-refractivity contribution in [3.05, 3.63) is 38.2 Å². The van der Waals surface area contributed by atoms with Crippen molar-refractivity contribution in [3.63, 3.8) is 0 Å². The molecule has 4 saturated carbocycles. The number of carbonyl (C=O) groups excluding carboxylic acids is 1. The van der Waals surface area contributed by atoms with Crippen LogP contribution in [0.2, 0.25) is 0 Å². The molecule has 0 atom stereocenters.